The molecule has 1 N–H and O–H groups in total. The van der Waals surface area contributed by atoms with Crippen LogP contribution in [0.25, 0.3) is 0 Å². The van der Waals surface area contributed by atoms with Crippen molar-refractivity contribution in [1.82, 2.24) is 0 Å². The quantitative estimate of drug-likeness (QED) is 0.889. The summed E-state index contributed by atoms with van der Waals surface area (Å²) in [5, 5.41) is 9.44. The molecule has 0 saturated heterocycles. The van der Waals surface area contributed by atoms with Crippen LogP contribution in [-0.4, -0.2) is 25.3 Å². The standard InChI is InChI=1S/C15H22O4/c1-8(2)13(15(16)17)11-7-12(18-5)9(3)10(4)14(11)19-6/h7-8,13H,1-6H3,(H,16,17). The Bertz CT molecular complexity index is 478. The van der Waals surface area contributed by atoms with Crippen LogP contribution in [0.2, 0.25) is 0 Å². The van der Waals surface area contributed by atoms with E-state index in [4.69, 9.17) is 9.47 Å². The van der Waals surface area contributed by atoms with Crippen molar-refractivity contribution in [3.05, 3.63) is 22.8 Å². The van der Waals surface area contributed by atoms with Crippen LogP contribution >= 0.6 is 0 Å². The van der Waals surface area contributed by atoms with Gasteiger partial charge in [-0.25, -0.2) is 0 Å². The van der Waals surface area contributed by atoms with E-state index in [2.05, 4.69) is 0 Å². The van der Waals surface area contributed by atoms with Crippen molar-refractivity contribution in [2.24, 2.45) is 5.92 Å². The summed E-state index contributed by atoms with van der Waals surface area (Å²) in [5.41, 5.74) is 2.56. The molecule has 0 aliphatic heterocycles. The molecule has 0 amide bonds. The third kappa shape index (κ3) is 2.83. The Morgan fingerprint density at radius 1 is 1.16 bits per heavy atom. The molecule has 0 heterocycles. The lowest BCUT2D eigenvalue weighted by Crippen LogP contribution is -2.19. The van der Waals surface area contributed by atoms with Gasteiger partial charge in [-0.1, -0.05) is 13.8 Å². The molecule has 0 aliphatic carbocycles. The van der Waals surface area contributed by atoms with Crippen LogP contribution in [-0.2, 0) is 4.79 Å². The molecular formula is C15H22O4. The first kappa shape index (κ1) is 15.3. The van der Waals surface area contributed by atoms with Gasteiger partial charge in [-0.2, -0.15) is 0 Å². The number of carboxylic acid groups (broad SMARTS) is 1. The second-order valence-corrected chi connectivity index (χ2v) is 5.01. The second-order valence-electron chi connectivity index (χ2n) is 5.01. The van der Waals surface area contributed by atoms with E-state index in [0.717, 1.165) is 11.1 Å². The summed E-state index contributed by atoms with van der Waals surface area (Å²) < 4.78 is 10.7. The molecule has 1 rings (SSSR count). The third-order valence-corrected chi connectivity index (χ3v) is 3.51. The molecule has 0 radical (unpaired) electrons. The predicted octanol–water partition coefficient (Wildman–Crippen LogP) is 3.14. The molecule has 1 atom stereocenters. The zero-order chi connectivity index (χ0) is 14.7. The van der Waals surface area contributed by atoms with Crippen LogP contribution in [0.15, 0.2) is 6.07 Å². The van der Waals surface area contributed by atoms with Gasteiger partial charge in [0.2, 0.25) is 0 Å². The molecule has 0 aromatic heterocycles. The van der Waals surface area contributed by atoms with Gasteiger partial charge in [0.05, 0.1) is 20.1 Å². The topological polar surface area (TPSA) is 55.8 Å². The highest BCUT2D eigenvalue weighted by Gasteiger charge is 2.29. The van der Waals surface area contributed by atoms with Crippen LogP contribution < -0.4 is 9.47 Å². The van der Waals surface area contributed by atoms with Crippen LogP contribution in [0.4, 0.5) is 0 Å². The largest absolute Gasteiger partial charge is 0.496 e. The van der Waals surface area contributed by atoms with Gasteiger partial charge in [0.1, 0.15) is 11.5 Å². The number of hydrogen-bond acceptors (Lipinski definition) is 3. The van der Waals surface area contributed by atoms with Crippen molar-refractivity contribution in [3.63, 3.8) is 0 Å². The van der Waals surface area contributed by atoms with E-state index in [0.29, 0.717) is 17.1 Å². The summed E-state index contributed by atoms with van der Waals surface area (Å²) >= 11 is 0. The highest BCUT2D eigenvalue weighted by molar-refractivity contribution is 5.78. The first-order valence-corrected chi connectivity index (χ1v) is 6.30. The first-order valence-electron chi connectivity index (χ1n) is 6.30. The van der Waals surface area contributed by atoms with E-state index in [1.54, 1.807) is 20.3 Å². The fourth-order valence-corrected chi connectivity index (χ4v) is 2.38. The molecule has 1 aromatic rings. The number of hydrogen-bond donors (Lipinski definition) is 1. The minimum absolute atomic E-state index is 0.0294. The SMILES string of the molecule is COc1cc(C(C(=O)O)C(C)C)c(OC)c(C)c1C. The molecule has 0 saturated carbocycles. The second kappa shape index (κ2) is 5.95. The summed E-state index contributed by atoms with van der Waals surface area (Å²) in [7, 11) is 3.15. The van der Waals surface area contributed by atoms with Crippen LogP contribution in [0, 0.1) is 19.8 Å². The van der Waals surface area contributed by atoms with Crippen molar-refractivity contribution in [1.29, 1.82) is 0 Å². The molecule has 0 aliphatic rings. The predicted molar refractivity (Wildman–Crippen MR) is 74.2 cm³/mol. The van der Waals surface area contributed by atoms with E-state index < -0.39 is 11.9 Å². The van der Waals surface area contributed by atoms with Crippen LogP contribution in [0.3, 0.4) is 0 Å². The summed E-state index contributed by atoms with van der Waals surface area (Å²) in [5.74, 6) is -0.153. The number of benzene rings is 1. The van der Waals surface area contributed by atoms with E-state index >= 15 is 0 Å². The zero-order valence-electron chi connectivity index (χ0n) is 12.4. The average Bonchev–Trinajstić information content (AvgIpc) is 2.33. The lowest BCUT2D eigenvalue weighted by Gasteiger charge is -2.23. The molecule has 106 valence electrons. The number of carboxylic acids is 1. The highest BCUT2D eigenvalue weighted by atomic mass is 16.5. The smallest absolute Gasteiger partial charge is 0.311 e. The van der Waals surface area contributed by atoms with Crippen LogP contribution in [0.5, 0.6) is 11.5 Å². The number of carbonyl (C=O) groups is 1. The van der Waals surface area contributed by atoms with E-state index in [-0.39, 0.29) is 5.92 Å². The van der Waals surface area contributed by atoms with Gasteiger partial charge in [0, 0.05) is 5.56 Å². The Hall–Kier alpha value is -1.71. The summed E-state index contributed by atoms with van der Waals surface area (Å²) in [6.07, 6.45) is 0. The Morgan fingerprint density at radius 3 is 2.11 bits per heavy atom. The van der Waals surface area contributed by atoms with Gasteiger partial charge in [-0.3, -0.25) is 4.79 Å². The number of rotatable bonds is 5. The van der Waals surface area contributed by atoms with Crippen molar-refractivity contribution >= 4 is 5.97 Å². The Labute approximate surface area is 114 Å². The fraction of sp³-hybridized carbons (Fsp3) is 0.533. The molecule has 1 aromatic carbocycles. The maximum Gasteiger partial charge on any atom is 0.311 e. The van der Waals surface area contributed by atoms with Gasteiger partial charge in [0.15, 0.2) is 0 Å². The van der Waals surface area contributed by atoms with Gasteiger partial charge in [-0.15, -0.1) is 0 Å². The van der Waals surface area contributed by atoms with Gasteiger partial charge >= 0.3 is 5.97 Å². The van der Waals surface area contributed by atoms with Gasteiger partial charge in [0.25, 0.3) is 0 Å². The summed E-state index contributed by atoms with van der Waals surface area (Å²) in [6.45, 7) is 7.63. The molecule has 1 unspecified atom stereocenters. The minimum Gasteiger partial charge on any atom is -0.496 e. The molecule has 19 heavy (non-hydrogen) atoms. The summed E-state index contributed by atoms with van der Waals surface area (Å²) in [4.78, 5) is 11.5. The Balaban J connectivity index is 3.56. The fourth-order valence-electron chi connectivity index (χ4n) is 2.38. The molecule has 4 nitrogen and oxygen atoms in total. The van der Waals surface area contributed by atoms with Gasteiger partial charge in [-0.05, 0) is 37.0 Å². The lowest BCUT2D eigenvalue weighted by molar-refractivity contribution is -0.139. The monoisotopic (exact) mass is 266 g/mol. The number of ether oxygens (including phenoxy) is 2. The van der Waals surface area contributed by atoms with Crippen molar-refractivity contribution in [3.8, 4) is 11.5 Å². The first-order chi connectivity index (χ1) is 8.84. The van der Waals surface area contributed by atoms with Crippen molar-refractivity contribution in [2.45, 2.75) is 33.6 Å². The van der Waals surface area contributed by atoms with Crippen molar-refractivity contribution in [2.75, 3.05) is 14.2 Å². The zero-order valence-corrected chi connectivity index (χ0v) is 12.4. The summed E-state index contributed by atoms with van der Waals surface area (Å²) in [6, 6.07) is 1.78. The molecule has 0 spiro atoms. The lowest BCUT2D eigenvalue weighted by atomic mass is 9.85. The third-order valence-electron chi connectivity index (χ3n) is 3.51. The Kier molecular flexibility index (Phi) is 4.81. The van der Waals surface area contributed by atoms with E-state index in [1.165, 1.54) is 0 Å². The average molecular weight is 266 g/mol. The van der Waals surface area contributed by atoms with Crippen LogP contribution in [0.1, 0.15) is 36.5 Å². The van der Waals surface area contributed by atoms with E-state index in [9.17, 15) is 9.90 Å². The number of methoxy groups -OCH3 is 2. The molecule has 0 bridgehead atoms. The molecule has 4 heteroatoms. The molecular weight excluding hydrogens is 244 g/mol. The maximum atomic E-state index is 11.5. The van der Waals surface area contributed by atoms with E-state index in [1.807, 2.05) is 27.7 Å². The van der Waals surface area contributed by atoms with Gasteiger partial charge < -0.3 is 14.6 Å². The number of aliphatic carboxylic acids is 1. The Morgan fingerprint density at radius 2 is 1.74 bits per heavy atom. The maximum absolute atomic E-state index is 11.5. The normalized spacial score (nSPS) is 12.4. The highest BCUT2D eigenvalue weighted by Crippen LogP contribution is 2.39. The minimum atomic E-state index is -0.849. The molecule has 0 fully saturated rings. The van der Waals surface area contributed by atoms with Crippen molar-refractivity contribution < 1.29 is 19.4 Å².